The number of hydroxylamine groups is 1. The van der Waals surface area contributed by atoms with Crippen molar-refractivity contribution in [2.75, 3.05) is 6.61 Å². The Bertz CT molecular complexity index is 314. The molecule has 1 heterocycles. The standard InChI is InChI=1S/C11H22N4O/c1-9(2)8-16-12-6-10-7-15(14-13-10)11(3,4)5/h7,9,12H,6,8H2,1-5H3. The lowest BCUT2D eigenvalue weighted by Crippen LogP contribution is -2.22. The van der Waals surface area contributed by atoms with E-state index in [-0.39, 0.29) is 5.54 Å². The van der Waals surface area contributed by atoms with Gasteiger partial charge in [-0.15, -0.1) is 5.10 Å². The van der Waals surface area contributed by atoms with Gasteiger partial charge in [0.25, 0.3) is 0 Å². The summed E-state index contributed by atoms with van der Waals surface area (Å²) >= 11 is 0. The highest BCUT2D eigenvalue weighted by Crippen LogP contribution is 2.11. The zero-order valence-electron chi connectivity index (χ0n) is 10.8. The Labute approximate surface area is 97.1 Å². The molecule has 0 aliphatic heterocycles. The maximum Gasteiger partial charge on any atom is 0.0988 e. The van der Waals surface area contributed by atoms with Crippen LogP contribution in [0, 0.1) is 5.92 Å². The predicted octanol–water partition coefficient (Wildman–Crippen LogP) is 1.71. The van der Waals surface area contributed by atoms with E-state index in [1.807, 2.05) is 10.9 Å². The molecule has 0 fully saturated rings. The van der Waals surface area contributed by atoms with Gasteiger partial charge in [-0.3, -0.25) is 0 Å². The zero-order chi connectivity index (χ0) is 12.2. The first-order chi connectivity index (χ1) is 7.39. The van der Waals surface area contributed by atoms with Crippen molar-refractivity contribution >= 4 is 0 Å². The van der Waals surface area contributed by atoms with Gasteiger partial charge in [0.05, 0.1) is 30.6 Å². The maximum absolute atomic E-state index is 5.27. The van der Waals surface area contributed by atoms with E-state index in [0.29, 0.717) is 19.1 Å². The fourth-order valence-electron chi connectivity index (χ4n) is 1.06. The zero-order valence-corrected chi connectivity index (χ0v) is 10.8. The Morgan fingerprint density at radius 2 is 2.12 bits per heavy atom. The molecular weight excluding hydrogens is 204 g/mol. The number of hydrogen-bond acceptors (Lipinski definition) is 4. The molecule has 0 bridgehead atoms. The topological polar surface area (TPSA) is 52.0 Å². The molecule has 1 rings (SSSR count). The quantitative estimate of drug-likeness (QED) is 0.613. The lowest BCUT2D eigenvalue weighted by Gasteiger charge is -2.17. The van der Waals surface area contributed by atoms with E-state index in [1.54, 1.807) is 0 Å². The summed E-state index contributed by atoms with van der Waals surface area (Å²) in [5.74, 6) is 0.526. The van der Waals surface area contributed by atoms with E-state index in [9.17, 15) is 0 Å². The predicted molar refractivity (Wildman–Crippen MR) is 62.6 cm³/mol. The Kier molecular flexibility index (Phi) is 4.44. The lowest BCUT2D eigenvalue weighted by molar-refractivity contribution is 0.0190. The first-order valence-electron chi connectivity index (χ1n) is 5.66. The molecule has 0 atom stereocenters. The molecule has 0 aliphatic carbocycles. The van der Waals surface area contributed by atoms with Crippen molar-refractivity contribution in [3.05, 3.63) is 11.9 Å². The second-order valence-electron chi connectivity index (χ2n) is 5.35. The van der Waals surface area contributed by atoms with Crippen LogP contribution in [0.25, 0.3) is 0 Å². The van der Waals surface area contributed by atoms with Crippen molar-refractivity contribution in [1.82, 2.24) is 20.5 Å². The van der Waals surface area contributed by atoms with Crippen LogP contribution in [0.2, 0.25) is 0 Å². The highest BCUT2D eigenvalue weighted by atomic mass is 16.6. The fourth-order valence-corrected chi connectivity index (χ4v) is 1.06. The number of nitrogens with zero attached hydrogens (tertiary/aromatic N) is 3. The SMILES string of the molecule is CC(C)CONCc1cn(C(C)(C)C)nn1. The molecule has 16 heavy (non-hydrogen) atoms. The summed E-state index contributed by atoms with van der Waals surface area (Å²) < 4.78 is 1.85. The molecule has 0 radical (unpaired) electrons. The van der Waals surface area contributed by atoms with Gasteiger partial charge in [-0.1, -0.05) is 19.1 Å². The van der Waals surface area contributed by atoms with Crippen LogP contribution in [0.4, 0.5) is 0 Å². The summed E-state index contributed by atoms with van der Waals surface area (Å²) in [7, 11) is 0. The third-order valence-corrected chi connectivity index (χ3v) is 2.00. The molecule has 0 aromatic carbocycles. The smallest absolute Gasteiger partial charge is 0.0988 e. The van der Waals surface area contributed by atoms with Gasteiger partial charge in [0, 0.05) is 0 Å². The number of rotatable bonds is 5. The first kappa shape index (κ1) is 13.1. The van der Waals surface area contributed by atoms with Crippen LogP contribution in [0.15, 0.2) is 6.20 Å². The van der Waals surface area contributed by atoms with E-state index >= 15 is 0 Å². The Hall–Kier alpha value is -0.940. The monoisotopic (exact) mass is 226 g/mol. The molecule has 5 heteroatoms. The summed E-state index contributed by atoms with van der Waals surface area (Å²) in [5, 5.41) is 8.14. The molecule has 5 nitrogen and oxygen atoms in total. The van der Waals surface area contributed by atoms with Gasteiger partial charge < -0.3 is 4.84 Å². The van der Waals surface area contributed by atoms with Gasteiger partial charge in [-0.05, 0) is 26.7 Å². The highest BCUT2D eigenvalue weighted by molar-refractivity contribution is 4.93. The van der Waals surface area contributed by atoms with E-state index < -0.39 is 0 Å². The van der Waals surface area contributed by atoms with Crippen LogP contribution in [0.5, 0.6) is 0 Å². The number of aromatic nitrogens is 3. The molecule has 0 unspecified atom stereocenters. The minimum absolute atomic E-state index is 0.0238. The van der Waals surface area contributed by atoms with E-state index in [0.717, 1.165) is 5.69 Å². The van der Waals surface area contributed by atoms with Crippen LogP contribution >= 0.6 is 0 Å². The van der Waals surface area contributed by atoms with Gasteiger partial charge in [0.2, 0.25) is 0 Å². The molecule has 1 aromatic heterocycles. The molecule has 92 valence electrons. The number of nitrogens with one attached hydrogen (secondary N) is 1. The molecule has 0 saturated heterocycles. The summed E-state index contributed by atoms with van der Waals surface area (Å²) in [6, 6.07) is 0. The third-order valence-electron chi connectivity index (χ3n) is 2.00. The van der Waals surface area contributed by atoms with Gasteiger partial charge >= 0.3 is 0 Å². The molecule has 0 spiro atoms. The molecular formula is C11H22N4O. The van der Waals surface area contributed by atoms with Crippen molar-refractivity contribution < 1.29 is 4.84 Å². The van der Waals surface area contributed by atoms with Crippen LogP contribution < -0.4 is 5.48 Å². The average molecular weight is 226 g/mol. The second kappa shape index (κ2) is 5.41. The summed E-state index contributed by atoms with van der Waals surface area (Å²) in [5.41, 5.74) is 3.75. The molecule has 0 saturated carbocycles. The van der Waals surface area contributed by atoms with Crippen LogP contribution in [0.1, 0.15) is 40.3 Å². The fraction of sp³-hybridized carbons (Fsp3) is 0.818. The van der Waals surface area contributed by atoms with Crippen LogP contribution in [0.3, 0.4) is 0 Å². The number of hydrogen-bond donors (Lipinski definition) is 1. The molecule has 0 aliphatic rings. The normalized spacial score (nSPS) is 12.4. The van der Waals surface area contributed by atoms with Gasteiger partial charge in [0.15, 0.2) is 0 Å². The van der Waals surface area contributed by atoms with Crippen molar-refractivity contribution in [2.24, 2.45) is 5.92 Å². The van der Waals surface area contributed by atoms with Crippen LogP contribution in [-0.4, -0.2) is 21.6 Å². The summed E-state index contributed by atoms with van der Waals surface area (Å²) in [6.07, 6.45) is 1.94. The Morgan fingerprint density at radius 1 is 1.44 bits per heavy atom. The van der Waals surface area contributed by atoms with E-state index in [1.165, 1.54) is 0 Å². The molecule has 1 N–H and O–H groups in total. The van der Waals surface area contributed by atoms with Crippen LogP contribution in [-0.2, 0) is 16.9 Å². The minimum atomic E-state index is -0.0238. The molecule has 0 amide bonds. The summed E-state index contributed by atoms with van der Waals surface area (Å²) in [4.78, 5) is 5.27. The van der Waals surface area contributed by atoms with Crippen molar-refractivity contribution in [1.29, 1.82) is 0 Å². The van der Waals surface area contributed by atoms with Crippen molar-refractivity contribution in [2.45, 2.75) is 46.7 Å². The van der Waals surface area contributed by atoms with Crippen molar-refractivity contribution in [3.63, 3.8) is 0 Å². The lowest BCUT2D eigenvalue weighted by atomic mass is 10.1. The summed E-state index contributed by atoms with van der Waals surface area (Å²) in [6.45, 7) is 11.8. The molecule has 1 aromatic rings. The Morgan fingerprint density at radius 3 is 2.62 bits per heavy atom. The maximum atomic E-state index is 5.27. The second-order valence-corrected chi connectivity index (χ2v) is 5.35. The van der Waals surface area contributed by atoms with Gasteiger partial charge in [0.1, 0.15) is 0 Å². The minimum Gasteiger partial charge on any atom is -0.301 e. The Balaban J connectivity index is 2.36. The highest BCUT2D eigenvalue weighted by Gasteiger charge is 2.14. The third kappa shape index (κ3) is 4.28. The van der Waals surface area contributed by atoms with E-state index in [2.05, 4.69) is 50.4 Å². The van der Waals surface area contributed by atoms with E-state index in [4.69, 9.17) is 4.84 Å². The van der Waals surface area contributed by atoms with Gasteiger partial charge in [-0.25, -0.2) is 4.68 Å². The van der Waals surface area contributed by atoms with Crippen molar-refractivity contribution in [3.8, 4) is 0 Å². The first-order valence-corrected chi connectivity index (χ1v) is 5.66. The average Bonchev–Trinajstić information content (AvgIpc) is 2.59. The largest absolute Gasteiger partial charge is 0.301 e. The van der Waals surface area contributed by atoms with Gasteiger partial charge in [-0.2, -0.15) is 5.48 Å².